The number of nitrogens with one attached hydrogen (secondary N) is 1. The molecule has 1 aromatic rings. The predicted octanol–water partition coefficient (Wildman–Crippen LogP) is 2.25. The maximum Gasteiger partial charge on any atom is 0.137 e. The lowest BCUT2D eigenvalue weighted by atomic mass is 10.1. The molecule has 17 heavy (non-hydrogen) atoms. The second-order valence-corrected chi connectivity index (χ2v) is 4.61. The number of benzene rings is 1. The van der Waals surface area contributed by atoms with Gasteiger partial charge in [-0.25, -0.2) is 0 Å². The van der Waals surface area contributed by atoms with Crippen molar-refractivity contribution in [3.05, 3.63) is 29.3 Å². The minimum Gasteiger partial charge on any atom is -0.492 e. The Hall–Kier alpha value is -1.53. The van der Waals surface area contributed by atoms with Crippen molar-refractivity contribution in [1.82, 2.24) is 5.32 Å². The van der Waals surface area contributed by atoms with Crippen LogP contribution >= 0.6 is 0 Å². The van der Waals surface area contributed by atoms with E-state index in [1.165, 1.54) is 6.42 Å². The van der Waals surface area contributed by atoms with Crippen LogP contribution in [-0.4, -0.2) is 19.7 Å². The molecule has 0 spiro atoms. The fourth-order valence-electron chi connectivity index (χ4n) is 2.15. The van der Waals surface area contributed by atoms with Crippen LogP contribution in [0.1, 0.15) is 24.0 Å². The fourth-order valence-corrected chi connectivity index (χ4v) is 2.15. The van der Waals surface area contributed by atoms with Gasteiger partial charge >= 0.3 is 0 Å². The number of nitriles is 1. The zero-order chi connectivity index (χ0) is 12.1. The van der Waals surface area contributed by atoms with Crippen LogP contribution in [0.3, 0.4) is 0 Å². The Morgan fingerprint density at radius 2 is 2.41 bits per heavy atom. The van der Waals surface area contributed by atoms with E-state index in [-0.39, 0.29) is 0 Å². The molecule has 1 atom stereocenters. The summed E-state index contributed by atoms with van der Waals surface area (Å²) < 4.78 is 5.69. The molecular weight excluding hydrogens is 212 g/mol. The van der Waals surface area contributed by atoms with Crippen molar-refractivity contribution < 1.29 is 4.74 Å². The molecule has 1 saturated heterocycles. The quantitative estimate of drug-likeness (QED) is 0.862. The highest BCUT2D eigenvalue weighted by atomic mass is 16.5. The van der Waals surface area contributed by atoms with E-state index in [0.29, 0.717) is 17.9 Å². The zero-order valence-electron chi connectivity index (χ0n) is 10.2. The maximum absolute atomic E-state index is 9.01. The molecule has 1 heterocycles. The molecule has 1 fully saturated rings. The Kier molecular flexibility index (Phi) is 4.00. The first-order valence-electron chi connectivity index (χ1n) is 6.14. The third kappa shape index (κ3) is 3.21. The molecule has 1 unspecified atom stereocenters. The SMILES string of the molecule is Cc1ccc(OCCC2CCNC2)c(C#N)c1. The smallest absolute Gasteiger partial charge is 0.137 e. The molecule has 0 aromatic heterocycles. The zero-order valence-corrected chi connectivity index (χ0v) is 10.2. The number of nitrogens with zero attached hydrogens (tertiary/aromatic N) is 1. The minimum atomic E-state index is 0.634. The van der Waals surface area contributed by atoms with Crippen molar-refractivity contribution in [2.75, 3.05) is 19.7 Å². The van der Waals surface area contributed by atoms with E-state index >= 15 is 0 Å². The van der Waals surface area contributed by atoms with Crippen molar-refractivity contribution in [2.45, 2.75) is 19.8 Å². The van der Waals surface area contributed by atoms with Gasteiger partial charge in [0.05, 0.1) is 12.2 Å². The summed E-state index contributed by atoms with van der Waals surface area (Å²) in [7, 11) is 0. The third-order valence-electron chi connectivity index (χ3n) is 3.20. The summed E-state index contributed by atoms with van der Waals surface area (Å²) in [6.45, 7) is 4.90. The van der Waals surface area contributed by atoms with E-state index in [4.69, 9.17) is 10.00 Å². The maximum atomic E-state index is 9.01. The van der Waals surface area contributed by atoms with Gasteiger partial charge in [-0.05, 0) is 56.5 Å². The molecule has 1 N–H and O–H groups in total. The lowest BCUT2D eigenvalue weighted by Crippen LogP contribution is -2.11. The molecule has 0 aliphatic carbocycles. The molecule has 3 heteroatoms. The Bertz CT molecular complexity index is 417. The summed E-state index contributed by atoms with van der Waals surface area (Å²) in [4.78, 5) is 0. The Balaban J connectivity index is 1.88. The first-order valence-corrected chi connectivity index (χ1v) is 6.14. The van der Waals surface area contributed by atoms with Gasteiger partial charge in [-0.1, -0.05) is 6.07 Å². The highest BCUT2D eigenvalue weighted by molar-refractivity contribution is 5.45. The van der Waals surface area contributed by atoms with Gasteiger partial charge in [0.1, 0.15) is 11.8 Å². The average molecular weight is 230 g/mol. The second kappa shape index (κ2) is 5.70. The highest BCUT2D eigenvalue weighted by Gasteiger charge is 2.14. The van der Waals surface area contributed by atoms with Crippen LogP contribution in [0, 0.1) is 24.2 Å². The van der Waals surface area contributed by atoms with E-state index in [1.54, 1.807) is 0 Å². The Labute approximate surface area is 102 Å². The molecule has 0 amide bonds. The van der Waals surface area contributed by atoms with E-state index in [1.807, 2.05) is 25.1 Å². The number of rotatable bonds is 4. The van der Waals surface area contributed by atoms with Crippen molar-refractivity contribution in [3.8, 4) is 11.8 Å². The summed E-state index contributed by atoms with van der Waals surface area (Å²) in [5, 5.41) is 12.4. The van der Waals surface area contributed by atoms with Crippen molar-refractivity contribution in [2.24, 2.45) is 5.92 Å². The summed E-state index contributed by atoms with van der Waals surface area (Å²) in [5.41, 5.74) is 1.73. The summed E-state index contributed by atoms with van der Waals surface area (Å²) in [6, 6.07) is 7.91. The molecule has 0 radical (unpaired) electrons. The van der Waals surface area contributed by atoms with Crippen molar-refractivity contribution in [3.63, 3.8) is 0 Å². The normalized spacial score (nSPS) is 18.9. The van der Waals surface area contributed by atoms with Gasteiger partial charge in [-0.15, -0.1) is 0 Å². The van der Waals surface area contributed by atoms with Crippen LogP contribution in [0.2, 0.25) is 0 Å². The minimum absolute atomic E-state index is 0.634. The van der Waals surface area contributed by atoms with Crippen LogP contribution in [0.4, 0.5) is 0 Å². The summed E-state index contributed by atoms with van der Waals surface area (Å²) in [5.74, 6) is 1.44. The van der Waals surface area contributed by atoms with Gasteiger partial charge in [-0.2, -0.15) is 5.26 Å². The van der Waals surface area contributed by atoms with Gasteiger partial charge in [0, 0.05) is 0 Å². The van der Waals surface area contributed by atoms with Crippen LogP contribution in [-0.2, 0) is 0 Å². The standard InChI is InChI=1S/C14H18N2O/c1-11-2-3-14(13(8-11)9-15)17-7-5-12-4-6-16-10-12/h2-3,8,12,16H,4-7,10H2,1H3. The van der Waals surface area contributed by atoms with Crippen molar-refractivity contribution in [1.29, 1.82) is 5.26 Å². The Morgan fingerprint density at radius 3 is 3.12 bits per heavy atom. The van der Waals surface area contributed by atoms with Crippen LogP contribution in [0.25, 0.3) is 0 Å². The number of aryl methyl sites for hydroxylation is 1. The summed E-state index contributed by atoms with van der Waals surface area (Å²) >= 11 is 0. The number of hydrogen-bond donors (Lipinski definition) is 1. The van der Waals surface area contributed by atoms with Gasteiger partial charge in [0.15, 0.2) is 0 Å². The lowest BCUT2D eigenvalue weighted by molar-refractivity contribution is 0.283. The van der Waals surface area contributed by atoms with Crippen LogP contribution in [0.5, 0.6) is 5.75 Å². The lowest BCUT2D eigenvalue weighted by Gasteiger charge is -2.11. The van der Waals surface area contributed by atoms with Gasteiger partial charge in [-0.3, -0.25) is 0 Å². The third-order valence-corrected chi connectivity index (χ3v) is 3.20. The topological polar surface area (TPSA) is 45.0 Å². The number of ether oxygens (including phenoxy) is 1. The van der Waals surface area contributed by atoms with Gasteiger partial charge in [0.25, 0.3) is 0 Å². The molecule has 90 valence electrons. The Morgan fingerprint density at radius 1 is 1.53 bits per heavy atom. The summed E-state index contributed by atoms with van der Waals surface area (Å²) in [6.07, 6.45) is 2.30. The first-order chi connectivity index (χ1) is 8.29. The number of hydrogen-bond acceptors (Lipinski definition) is 3. The van der Waals surface area contributed by atoms with E-state index in [9.17, 15) is 0 Å². The molecule has 1 aromatic carbocycles. The monoisotopic (exact) mass is 230 g/mol. The van der Waals surface area contributed by atoms with E-state index in [0.717, 1.165) is 31.0 Å². The predicted molar refractivity (Wildman–Crippen MR) is 67.0 cm³/mol. The molecule has 2 rings (SSSR count). The first kappa shape index (κ1) is 11.9. The molecule has 1 aliphatic heterocycles. The van der Waals surface area contributed by atoms with Crippen molar-refractivity contribution >= 4 is 0 Å². The fraction of sp³-hybridized carbons (Fsp3) is 0.500. The van der Waals surface area contributed by atoms with E-state index < -0.39 is 0 Å². The molecule has 0 bridgehead atoms. The largest absolute Gasteiger partial charge is 0.492 e. The molecule has 1 aliphatic rings. The highest BCUT2D eigenvalue weighted by Crippen LogP contribution is 2.20. The average Bonchev–Trinajstić information content (AvgIpc) is 2.84. The molecule has 0 saturated carbocycles. The van der Waals surface area contributed by atoms with E-state index in [2.05, 4.69) is 11.4 Å². The second-order valence-electron chi connectivity index (χ2n) is 4.61. The van der Waals surface area contributed by atoms with Gasteiger partial charge in [0.2, 0.25) is 0 Å². The van der Waals surface area contributed by atoms with Crippen LogP contribution < -0.4 is 10.1 Å². The van der Waals surface area contributed by atoms with Crippen LogP contribution in [0.15, 0.2) is 18.2 Å². The van der Waals surface area contributed by atoms with Gasteiger partial charge < -0.3 is 10.1 Å². The molecule has 3 nitrogen and oxygen atoms in total. The molecular formula is C14H18N2O.